The molecule has 1 N–H and O–H groups in total. The number of Topliss-reactive ketones (excluding diaryl/α,β-unsaturated/α-hetero) is 1. The molecule has 0 saturated carbocycles. The lowest BCUT2D eigenvalue weighted by atomic mass is 9.69. The molecule has 3 rings (SSSR count). The summed E-state index contributed by atoms with van der Waals surface area (Å²) < 4.78 is 10.5. The first-order chi connectivity index (χ1) is 15.7. The van der Waals surface area contributed by atoms with Gasteiger partial charge in [-0.25, -0.2) is 4.79 Å². The van der Waals surface area contributed by atoms with Crippen LogP contribution in [0, 0.1) is 11.8 Å². The minimum absolute atomic E-state index is 0.252. The van der Waals surface area contributed by atoms with E-state index in [4.69, 9.17) is 32.7 Å². The third-order valence-electron chi connectivity index (χ3n) is 5.90. The molecule has 1 aliphatic heterocycles. The second kappa shape index (κ2) is 11.0. The van der Waals surface area contributed by atoms with Gasteiger partial charge in [0.15, 0.2) is 5.78 Å². The molecule has 0 unspecified atom stereocenters. The maximum Gasteiger partial charge on any atom is 0.336 e. The average Bonchev–Trinajstić information content (AvgIpc) is 2.77. The molecule has 33 heavy (non-hydrogen) atoms. The standard InChI is InChI=1S/C24H27Cl2NO5S/c1-5-33-9-8-32-24(30)19-13(3)27-17-10-12(2)18(23(29)31-4)22(28)21(17)20(19)14-6-7-15(25)16(26)11-14/h6-7,11-12,18,20,27H,5,8-10H2,1-4H3/t12-,18+,20+/m0/s1. The van der Waals surface area contributed by atoms with Crippen LogP contribution >= 0.6 is 35.0 Å². The first-order valence-corrected chi connectivity index (χ1v) is 12.6. The summed E-state index contributed by atoms with van der Waals surface area (Å²) >= 11 is 14.1. The van der Waals surface area contributed by atoms with Crippen molar-refractivity contribution in [2.24, 2.45) is 11.8 Å². The summed E-state index contributed by atoms with van der Waals surface area (Å²) in [5.74, 6) is -1.80. The number of hydrogen-bond donors (Lipinski definition) is 1. The molecule has 6 nitrogen and oxygen atoms in total. The third kappa shape index (κ3) is 5.26. The number of carbonyl (C=O) groups is 3. The van der Waals surface area contributed by atoms with E-state index in [0.717, 1.165) is 5.75 Å². The number of methoxy groups -OCH3 is 1. The van der Waals surface area contributed by atoms with Crippen LogP contribution in [0.4, 0.5) is 0 Å². The summed E-state index contributed by atoms with van der Waals surface area (Å²) in [5, 5.41) is 3.90. The van der Waals surface area contributed by atoms with Crippen molar-refractivity contribution in [2.45, 2.75) is 33.1 Å². The predicted molar refractivity (Wildman–Crippen MR) is 130 cm³/mol. The molecule has 9 heteroatoms. The zero-order chi connectivity index (χ0) is 24.3. The zero-order valence-corrected chi connectivity index (χ0v) is 21.3. The summed E-state index contributed by atoms with van der Waals surface area (Å²) in [6, 6.07) is 5.02. The van der Waals surface area contributed by atoms with E-state index in [9.17, 15) is 14.4 Å². The summed E-state index contributed by atoms with van der Waals surface area (Å²) in [4.78, 5) is 39.3. The van der Waals surface area contributed by atoms with Gasteiger partial charge in [0.05, 0.1) is 22.7 Å². The van der Waals surface area contributed by atoms with E-state index in [-0.39, 0.29) is 18.3 Å². The molecule has 178 valence electrons. The Hall–Kier alpha value is -1.96. The average molecular weight is 512 g/mol. The number of allylic oxidation sites excluding steroid dienone is 3. The third-order valence-corrected chi connectivity index (χ3v) is 7.51. The molecular weight excluding hydrogens is 485 g/mol. The lowest BCUT2D eigenvalue weighted by Gasteiger charge is -2.38. The Morgan fingerprint density at radius 3 is 2.61 bits per heavy atom. The number of benzene rings is 1. The molecule has 0 aromatic heterocycles. The summed E-state index contributed by atoms with van der Waals surface area (Å²) in [6.07, 6.45) is 0.464. The highest BCUT2D eigenvalue weighted by atomic mass is 35.5. The van der Waals surface area contributed by atoms with Crippen molar-refractivity contribution in [1.29, 1.82) is 0 Å². The Morgan fingerprint density at radius 1 is 1.24 bits per heavy atom. The van der Waals surface area contributed by atoms with E-state index in [2.05, 4.69) is 5.32 Å². The highest BCUT2D eigenvalue weighted by Crippen LogP contribution is 2.46. The van der Waals surface area contributed by atoms with Crippen molar-refractivity contribution in [2.75, 3.05) is 25.2 Å². The number of hydrogen-bond acceptors (Lipinski definition) is 7. The number of dihydropyridines is 1. The van der Waals surface area contributed by atoms with Gasteiger partial charge in [0.25, 0.3) is 0 Å². The van der Waals surface area contributed by atoms with Gasteiger partial charge in [-0.3, -0.25) is 9.59 Å². The van der Waals surface area contributed by atoms with Crippen LogP contribution < -0.4 is 5.32 Å². The summed E-state index contributed by atoms with van der Waals surface area (Å²) in [7, 11) is 1.27. The molecule has 1 aliphatic carbocycles. The van der Waals surface area contributed by atoms with Crippen LogP contribution in [0.15, 0.2) is 40.7 Å². The van der Waals surface area contributed by atoms with Crippen molar-refractivity contribution < 1.29 is 23.9 Å². The number of carbonyl (C=O) groups excluding carboxylic acids is 3. The van der Waals surface area contributed by atoms with Crippen molar-refractivity contribution in [3.63, 3.8) is 0 Å². The van der Waals surface area contributed by atoms with Crippen molar-refractivity contribution in [3.8, 4) is 0 Å². The molecule has 0 spiro atoms. The molecule has 0 bridgehead atoms. The summed E-state index contributed by atoms with van der Waals surface area (Å²) in [5.41, 5.74) is 2.61. The van der Waals surface area contributed by atoms with Crippen LogP contribution in [0.3, 0.4) is 0 Å². The minimum Gasteiger partial charge on any atom is -0.468 e. The monoisotopic (exact) mass is 511 g/mol. The Kier molecular flexibility index (Phi) is 8.54. The molecule has 0 saturated heterocycles. The zero-order valence-electron chi connectivity index (χ0n) is 19.0. The van der Waals surface area contributed by atoms with Crippen LogP contribution in [0.1, 0.15) is 38.7 Å². The number of ketones is 1. The van der Waals surface area contributed by atoms with Gasteiger partial charge in [-0.15, -0.1) is 0 Å². The first-order valence-electron chi connectivity index (χ1n) is 10.7. The molecule has 1 heterocycles. The predicted octanol–water partition coefficient (Wildman–Crippen LogP) is 4.90. The molecule has 2 aliphatic rings. The number of nitrogens with one attached hydrogen (secondary N) is 1. The lowest BCUT2D eigenvalue weighted by Crippen LogP contribution is -2.43. The second-order valence-corrected chi connectivity index (χ2v) is 10.3. The van der Waals surface area contributed by atoms with Gasteiger partial charge in [-0.2, -0.15) is 11.8 Å². The fourth-order valence-corrected chi connectivity index (χ4v) is 5.19. The van der Waals surface area contributed by atoms with Gasteiger partial charge in [0, 0.05) is 28.6 Å². The van der Waals surface area contributed by atoms with E-state index >= 15 is 0 Å². The second-order valence-electron chi connectivity index (χ2n) is 8.04. The lowest BCUT2D eigenvalue weighted by molar-refractivity contribution is -0.151. The van der Waals surface area contributed by atoms with E-state index in [1.54, 1.807) is 36.9 Å². The van der Waals surface area contributed by atoms with Crippen LogP contribution in [0.2, 0.25) is 10.0 Å². The van der Waals surface area contributed by atoms with Crippen LogP contribution in [0.5, 0.6) is 0 Å². The Balaban J connectivity index is 2.10. The van der Waals surface area contributed by atoms with Gasteiger partial charge < -0.3 is 14.8 Å². The normalized spacial score (nSPS) is 22.6. The Bertz CT molecular complexity index is 1040. The topological polar surface area (TPSA) is 81.7 Å². The number of rotatable bonds is 7. The molecule has 3 atom stereocenters. The fraction of sp³-hybridized carbons (Fsp3) is 0.458. The van der Waals surface area contributed by atoms with Gasteiger partial charge in [0.2, 0.25) is 0 Å². The smallest absolute Gasteiger partial charge is 0.336 e. The minimum atomic E-state index is -0.947. The highest BCUT2D eigenvalue weighted by molar-refractivity contribution is 7.99. The highest BCUT2D eigenvalue weighted by Gasteiger charge is 2.47. The molecule has 0 amide bonds. The Labute approximate surface area is 208 Å². The Morgan fingerprint density at radius 2 is 1.97 bits per heavy atom. The van der Waals surface area contributed by atoms with Crippen LogP contribution in [0.25, 0.3) is 0 Å². The van der Waals surface area contributed by atoms with Gasteiger partial charge in [0.1, 0.15) is 12.5 Å². The maximum absolute atomic E-state index is 13.6. The molecule has 0 fully saturated rings. The fourth-order valence-electron chi connectivity index (χ4n) is 4.39. The van der Waals surface area contributed by atoms with Gasteiger partial charge in [-0.05, 0) is 42.7 Å². The molecule has 1 aromatic carbocycles. The van der Waals surface area contributed by atoms with E-state index in [1.807, 2.05) is 13.8 Å². The quantitative estimate of drug-likeness (QED) is 0.316. The van der Waals surface area contributed by atoms with Crippen molar-refractivity contribution in [3.05, 3.63) is 56.3 Å². The molecule has 0 radical (unpaired) electrons. The van der Waals surface area contributed by atoms with Crippen LogP contribution in [-0.2, 0) is 23.9 Å². The largest absolute Gasteiger partial charge is 0.468 e. The van der Waals surface area contributed by atoms with Crippen molar-refractivity contribution >= 4 is 52.7 Å². The molecule has 1 aromatic rings. The number of ether oxygens (including phenoxy) is 2. The van der Waals surface area contributed by atoms with Crippen LogP contribution in [-0.4, -0.2) is 42.9 Å². The maximum atomic E-state index is 13.6. The first kappa shape index (κ1) is 25.7. The number of esters is 2. The van der Waals surface area contributed by atoms with Gasteiger partial charge in [-0.1, -0.05) is 43.1 Å². The van der Waals surface area contributed by atoms with E-state index < -0.39 is 23.8 Å². The number of thioether (sulfide) groups is 1. The van der Waals surface area contributed by atoms with E-state index in [1.165, 1.54) is 7.11 Å². The van der Waals surface area contributed by atoms with Gasteiger partial charge >= 0.3 is 11.9 Å². The van der Waals surface area contributed by atoms with Crippen molar-refractivity contribution in [1.82, 2.24) is 5.32 Å². The summed E-state index contributed by atoms with van der Waals surface area (Å²) in [6.45, 7) is 5.91. The van der Waals surface area contributed by atoms with E-state index in [0.29, 0.717) is 50.3 Å². The number of halogens is 2. The SMILES string of the molecule is CCSCCOC(=O)C1=C(C)NC2=C(C(=O)[C@H](C(=O)OC)[C@@H](C)C2)[C@@H]1c1ccc(Cl)c(Cl)c1. The molecular formula is C24H27Cl2NO5S.